The van der Waals surface area contributed by atoms with Crippen molar-refractivity contribution in [3.8, 4) is 6.07 Å². The van der Waals surface area contributed by atoms with Gasteiger partial charge in [-0.05, 0) is 44.4 Å². The van der Waals surface area contributed by atoms with Gasteiger partial charge in [-0.25, -0.2) is 0 Å². The van der Waals surface area contributed by atoms with Crippen LogP contribution in [0.4, 0.5) is 5.69 Å². The summed E-state index contributed by atoms with van der Waals surface area (Å²) in [6.07, 6.45) is 1.71. The van der Waals surface area contributed by atoms with Crippen molar-refractivity contribution < 1.29 is 4.79 Å². The van der Waals surface area contributed by atoms with Gasteiger partial charge in [-0.3, -0.25) is 4.79 Å². The number of nitrogens with zero attached hydrogens (tertiary/aromatic N) is 1. The van der Waals surface area contributed by atoms with E-state index in [-0.39, 0.29) is 5.91 Å². The van der Waals surface area contributed by atoms with Gasteiger partial charge in [0.2, 0.25) is 5.91 Å². The van der Waals surface area contributed by atoms with Crippen LogP contribution in [-0.4, -0.2) is 12.5 Å². The monoisotopic (exact) mass is 257 g/mol. The number of rotatable bonds is 4. The Labute approximate surface area is 113 Å². The Bertz CT molecular complexity index is 521. The van der Waals surface area contributed by atoms with Gasteiger partial charge in [-0.15, -0.1) is 0 Å². The fourth-order valence-electron chi connectivity index (χ4n) is 2.08. The van der Waals surface area contributed by atoms with E-state index in [0.29, 0.717) is 12.2 Å². The second kappa shape index (κ2) is 4.58. The zero-order valence-electron chi connectivity index (χ0n) is 11.4. The molecule has 1 aliphatic carbocycles. The summed E-state index contributed by atoms with van der Waals surface area (Å²) in [6, 6.07) is 9.66. The van der Waals surface area contributed by atoms with Crippen LogP contribution < -0.4 is 11.1 Å². The Morgan fingerprint density at radius 3 is 2.47 bits per heavy atom. The lowest BCUT2D eigenvalue weighted by Crippen LogP contribution is -2.39. The largest absolute Gasteiger partial charge is 0.399 e. The molecule has 1 aromatic carbocycles. The first-order valence-corrected chi connectivity index (χ1v) is 6.45. The van der Waals surface area contributed by atoms with Crippen LogP contribution in [0.25, 0.3) is 0 Å². The van der Waals surface area contributed by atoms with Crippen molar-refractivity contribution in [3.05, 3.63) is 29.8 Å². The molecule has 0 aromatic heterocycles. The number of amides is 1. The van der Waals surface area contributed by atoms with Gasteiger partial charge in [0, 0.05) is 12.2 Å². The van der Waals surface area contributed by atoms with Crippen molar-refractivity contribution in [2.75, 3.05) is 12.3 Å². The molecule has 0 atom stereocenters. The van der Waals surface area contributed by atoms with Crippen LogP contribution in [0.2, 0.25) is 0 Å². The molecule has 1 fully saturated rings. The zero-order valence-corrected chi connectivity index (χ0v) is 11.4. The molecule has 100 valence electrons. The van der Waals surface area contributed by atoms with Crippen LogP contribution >= 0.6 is 0 Å². The molecule has 4 heteroatoms. The van der Waals surface area contributed by atoms with Crippen molar-refractivity contribution in [2.24, 2.45) is 5.41 Å². The first kappa shape index (κ1) is 13.4. The zero-order chi connectivity index (χ0) is 14.1. The lowest BCUT2D eigenvalue weighted by molar-refractivity contribution is -0.123. The van der Waals surface area contributed by atoms with Gasteiger partial charge in [0.25, 0.3) is 0 Å². The molecule has 4 nitrogen and oxygen atoms in total. The van der Waals surface area contributed by atoms with E-state index in [0.717, 1.165) is 18.4 Å². The number of carbonyl (C=O) groups is 1. The molecule has 0 bridgehead atoms. The lowest BCUT2D eigenvalue weighted by Gasteiger charge is -2.20. The molecule has 0 spiro atoms. The van der Waals surface area contributed by atoms with E-state index in [4.69, 9.17) is 11.0 Å². The maximum atomic E-state index is 12.3. The summed E-state index contributed by atoms with van der Waals surface area (Å²) in [6.45, 7) is 4.01. The number of anilines is 1. The van der Waals surface area contributed by atoms with Gasteiger partial charge in [0.15, 0.2) is 0 Å². The second-order valence-corrected chi connectivity index (χ2v) is 5.88. The molecule has 0 aliphatic heterocycles. The molecule has 0 saturated heterocycles. The summed E-state index contributed by atoms with van der Waals surface area (Å²) in [5.41, 5.74) is 6.43. The number of nitrogen functional groups attached to an aromatic ring is 1. The number of carbonyl (C=O) groups excluding carboxylic acids is 1. The molecular weight excluding hydrogens is 238 g/mol. The number of nitrogens with two attached hydrogens (primary N) is 1. The summed E-state index contributed by atoms with van der Waals surface area (Å²) < 4.78 is 0. The minimum Gasteiger partial charge on any atom is -0.399 e. The van der Waals surface area contributed by atoms with Gasteiger partial charge < -0.3 is 11.1 Å². The van der Waals surface area contributed by atoms with E-state index in [1.807, 2.05) is 38.1 Å². The van der Waals surface area contributed by atoms with E-state index in [1.165, 1.54) is 0 Å². The van der Waals surface area contributed by atoms with Crippen molar-refractivity contribution in [1.82, 2.24) is 5.32 Å². The van der Waals surface area contributed by atoms with E-state index < -0.39 is 10.8 Å². The summed E-state index contributed by atoms with van der Waals surface area (Å²) in [4.78, 5) is 12.3. The van der Waals surface area contributed by atoms with E-state index >= 15 is 0 Å². The topological polar surface area (TPSA) is 78.9 Å². The molecule has 0 unspecified atom stereocenters. The molecule has 1 amide bonds. The van der Waals surface area contributed by atoms with E-state index in [1.54, 1.807) is 0 Å². The number of hydrogen-bond acceptors (Lipinski definition) is 3. The summed E-state index contributed by atoms with van der Waals surface area (Å²) in [5.74, 6) is 0.0144. The number of nitriles is 1. The first-order chi connectivity index (χ1) is 8.89. The second-order valence-electron chi connectivity index (χ2n) is 5.88. The molecular formula is C15H19N3O. The average Bonchev–Trinajstić information content (AvgIpc) is 3.18. The third kappa shape index (κ3) is 2.70. The van der Waals surface area contributed by atoms with Gasteiger partial charge in [0.1, 0.15) is 0 Å². The Morgan fingerprint density at radius 1 is 1.42 bits per heavy atom. The molecule has 0 heterocycles. The van der Waals surface area contributed by atoms with E-state index in [2.05, 4.69) is 11.4 Å². The third-order valence-electron chi connectivity index (χ3n) is 3.64. The van der Waals surface area contributed by atoms with Crippen LogP contribution in [0.5, 0.6) is 0 Å². The lowest BCUT2D eigenvalue weighted by atomic mass is 9.92. The highest BCUT2D eigenvalue weighted by atomic mass is 16.2. The first-order valence-electron chi connectivity index (χ1n) is 6.45. The summed E-state index contributed by atoms with van der Waals surface area (Å²) in [7, 11) is 0. The maximum absolute atomic E-state index is 12.3. The highest BCUT2D eigenvalue weighted by Gasteiger charge is 2.51. The van der Waals surface area contributed by atoms with Gasteiger partial charge in [0.05, 0.1) is 16.9 Å². The van der Waals surface area contributed by atoms with Gasteiger partial charge in [-0.2, -0.15) is 5.26 Å². The van der Waals surface area contributed by atoms with Gasteiger partial charge in [-0.1, -0.05) is 12.1 Å². The molecule has 1 saturated carbocycles. The molecule has 1 aromatic rings. The Kier molecular flexibility index (Phi) is 3.23. The molecule has 19 heavy (non-hydrogen) atoms. The number of hydrogen-bond donors (Lipinski definition) is 2. The third-order valence-corrected chi connectivity index (χ3v) is 3.64. The van der Waals surface area contributed by atoms with Crippen molar-refractivity contribution >= 4 is 11.6 Å². The molecule has 2 rings (SSSR count). The standard InChI is InChI=1S/C15H19N3O/c1-14(2,9-16)10-18-13(19)15(7-8-15)11-3-5-12(17)6-4-11/h3-6H,7-8,10,17H2,1-2H3,(H,18,19). The Hall–Kier alpha value is -2.02. The summed E-state index contributed by atoms with van der Waals surface area (Å²) in [5, 5.41) is 11.9. The fourth-order valence-corrected chi connectivity index (χ4v) is 2.08. The summed E-state index contributed by atoms with van der Waals surface area (Å²) >= 11 is 0. The van der Waals surface area contributed by atoms with Crippen LogP contribution in [0, 0.1) is 16.7 Å². The highest BCUT2D eigenvalue weighted by molar-refractivity contribution is 5.91. The number of benzene rings is 1. The molecule has 1 aliphatic rings. The molecule has 3 N–H and O–H groups in total. The van der Waals surface area contributed by atoms with Crippen LogP contribution in [0.15, 0.2) is 24.3 Å². The predicted molar refractivity (Wildman–Crippen MR) is 74.2 cm³/mol. The van der Waals surface area contributed by atoms with Crippen molar-refractivity contribution in [3.63, 3.8) is 0 Å². The van der Waals surface area contributed by atoms with Crippen molar-refractivity contribution in [2.45, 2.75) is 32.1 Å². The Morgan fingerprint density at radius 2 is 2.00 bits per heavy atom. The smallest absolute Gasteiger partial charge is 0.230 e. The van der Waals surface area contributed by atoms with E-state index in [9.17, 15) is 4.79 Å². The fraction of sp³-hybridized carbons (Fsp3) is 0.467. The quantitative estimate of drug-likeness (QED) is 0.809. The van der Waals surface area contributed by atoms with Crippen molar-refractivity contribution in [1.29, 1.82) is 5.26 Å². The van der Waals surface area contributed by atoms with Crippen LogP contribution in [-0.2, 0) is 10.2 Å². The minimum absolute atomic E-state index is 0.0144. The highest BCUT2D eigenvalue weighted by Crippen LogP contribution is 2.48. The normalized spacial score (nSPS) is 16.5. The predicted octanol–water partition coefficient (Wildman–Crippen LogP) is 1.97. The number of nitrogens with one attached hydrogen (secondary N) is 1. The molecule has 0 radical (unpaired) electrons. The Balaban J connectivity index is 2.07. The SMILES string of the molecule is CC(C)(C#N)CNC(=O)C1(c2ccc(N)cc2)CC1. The minimum atomic E-state index is -0.535. The van der Waals surface area contributed by atoms with Crippen LogP contribution in [0.3, 0.4) is 0 Å². The van der Waals surface area contributed by atoms with Crippen LogP contribution in [0.1, 0.15) is 32.3 Å². The van der Waals surface area contributed by atoms with Gasteiger partial charge >= 0.3 is 0 Å². The maximum Gasteiger partial charge on any atom is 0.230 e. The average molecular weight is 257 g/mol.